The summed E-state index contributed by atoms with van der Waals surface area (Å²) < 4.78 is 1.42. The zero-order valence-corrected chi connectivity index (χ0v) is 10.6. The Hall–Kier alpha value is -0.240. The molecule has 3 N–H and O–H groups in total. The van der Waals surface area contributed by atoms with Crippen LogP contribution in [0.5, 0.6) is 0 Å². The van der Waals surface area contributed by atoms with Gasteiger partial charge in [0.05, 0.1) is 6.54 Å². The summed E-state index contributed by atoms with van der Waals surface area (Å²) >= 11 is 5.30. The van der Waals surface area contributed by atoms with Crippen molar-refractivity contribution >= 4 is 36.3 Å². The zero-order chi connectivity index (χ0) is 11.8. The number of hydrazine groups is 1. The SMILES string of the molecule is CCC(=O)[C@H](CS)N(SC)C(=O)CNN. The molecular weight excluding hydrogens is 234 g/mol. The molecule has 0 heterocycles. The zero-order valence-electron chi connectivity index (χ0n) is 8.90. The van der Waals surface area contributed by atoms with Gasteiger partial charge in [0.2, 0.25) is 5.91 Å². The number of carbonyl (C=O) groups excluding carboxylic acids is 2. The number of carbonyl (C=O) groups is 2. The first-order chi connectivity index (χ1) is 7.12. The summed E-state index contributed by atoms with van der Waals surface area (Å²) in [4.78, 5) is 23.1. The second-order valence-corrected chi connectivity index (χ2v) is 3.92. The second kappa shape index (κ2) is 7.98. The fourth-order valence-electron chi connectivity index (χ4n) is 1.11. The van der Waals surface area contributed by atoms with Crippen LogP contribution in [0.2, 0.25) is 0 Å². The highest BCUT2D eigenvalue weighted by molar-refractivity contribution is 7.96. The van der Waals surface area contributed by atoms with E-state index in [2.05, 4.69) is 18.1 Å². The number of thiol groups is 1. The van der Waals surface area contributed by atoms with Crippen LogP contribution in [0.4, 0.5) is 0 Å². The highest BCUT2D eigenvalue weighted by Crippen LogP contribution is 2.14. The molecule has 7 heteroatoms. The average molecular weight is 251 g/mol. The van der Waals surface area contributed by atoms with Crippen molar-refractivity contribution in [2.75, 3.05) is 18.6 Å². The van der Waals surface area contributed by atoms with Crippen molar-refractivity contribution in [3.05, 3.63) is 0 Å². The molecule has 0 aliphatic rings. The Labute approximate surface area is 99.7 Å². The molecule has 0 rings (SSSR count). The first-order valence-electron chi connectivity index (χ1n) is 4.55. The van der Waals surface area contributed by atoms with Crippen molar-refractivity contribution in [1.29, 1.82) is 0 Å². The normalized spacial score (nSPS) is 12.3. The van der Waals surface area contributed by atoms with Gasteiger partial charge in [-0.1, -0.05) is 18.9 Å². The van der Waals surface area contributed by atoms with Crippen LogP contribution in [0.25, 0.3) is 0 Å². The van der Waals surface area contributed by atoms with E-state index >= 15 is 0 Å². The Morgan fingerprint density at radius 2 is 2.20 bits per heavy atom. The molecular formula is C8H17N3O2S2. The van der Waals surface area contributed by atoms with E-state index < -0.39 is 6.04 Å². The van der Waals surface area contributed by atoms with Crippen molar-refractivity contribution in [3.8, 4) is 0 Å². The monoisotopic (exact) mass is 251 g/mol. The number of ketones is 1. The lowest BCUT2D eigenvalue weighted by Crippen LogP contribution is -2.46. The summed E-state index contributed by atoms with van der Waals surface area (Å²) in [5.74, 6) is 5.17. The van der Waals surface area contributed by atoms with Gasteiger partial charge in [-0.15, -0.1) is 0 Å². The van der Waals surface area contributed by atoms with Crippen LogP contribution < -0.4 is 11.3 Å². The van der Waals surface area contributed by atoms with Gasteiger partial charge in [0.25, 0.3) is 0 Å². The summed E-state index contributed by atoms with van der Waals surface area (Å²) in [5.41, 5.74) is 2.28. The van der Waals surface area contributed by atoms with Crippen LogP contribution in [0, 0.1) is 0 Å². The minimum atomic E-state index is -0.478. The summed E-state index contributed by atoms with van der Waals surface area (Å²) in [6.07, 6.45) is 2.14. The summed E-state index contributed by atoms with van der Waals surface area (Å²) in [7, 11) is 0. The summed E-state index contributed by atoms with van der Waals surface area (Å²) in [6, 6.07) is -0.478. The average Bonchev–Trinajstić information content (AvgIpc) is 2.24. The number of amides is 1. The Morgan fingerprint density at radius 1 is 1.60 bits per heavy atom. The number of rotatable bonds is 7. The number of nitrogens with zero attached hydrogens (tertiary/aromatic N) is 1. The molecule has 1 amide bonds. The van der Waals surface area contributed by atoms with E-state index in [1.807, 2.05) is 0 Å². The standard InChI is InChI=1S/C8H17N3O2S2/c1-3-7(12)6(5-14)11(15-2)8(13)4-10-9/h6,10,14H,3-5,9H2,1-2H3/t6-/m0/s1. The number of hydrogen-bond donors (Lipinski definition) is 3. The topological polar surface area (TPSA) is 75.4 Å². The minimum Gasteiger partial charge on any atom is -0.297 e. The number of hydrogen-bond acceptors (Lipinski definition) is 6. The number of Topliss-reactive ketones (excluding diaryl/α,β-unsaturated/α-hetero) is 1. The molecule has 0 aliphatic heterocycles. The Morgan fingerprint density at radius 3 is 2.53 bits per heavy atom. The fourth-order valence-corrected chi connectivity index (χ4v) is 2.30. The van der Waals surface area contributed by atoms with Crippen LogP contribution in [-0.4, -0.2) is 40.6 Å². The largest absolute Gasteiger partial charge is 0.297 e. The lowest BCUT2D eigenvalue weighted by Gasteiger charge is -2.26. The van der Waals surface area contributed by atoms with Gasteiger partial charge in [-0.2, -0.15) is 12.6 Å². The van der Waals surface area contributed by atoms with E-state index in [-0.39, 0.29) is 18.2 Å². The fraction of sp³-hybridized carbons (Fsp3) is 0.750. The molecule has 0 aromatic rings. The van der Waals surface area contributed by atoms with Gasteiger partial charge < -0.3 is 0 Å². The molecule has 0 spiro atoms. The predicted octanol–water partition coefficient (Wildman–Crippen LogP) is -0.166. The third-order valence-electron chi connectivity index (χ3n) is 1.87. The van der Waals surface area contributed by atoms with E-state index in [0.717, 1.165) is 0 Å². The predicted molar refractivity (Wildman–Crippen MR) is 65.5 cm³/mol. The second-order valence-electron chi connectivity index (χ2n) is 2.80. The molecule has 0 aromatic heterocycles. The van der Waals surface area contributed by atoms with Gasteiger partial charge in [0.1, 0.15) is 6.04 Å². The molecule has 0 aromatic carbocycles. The van der Waals surface area contributed by atoms with Crippen LogP contribution in [0.1, 0.15) is 13.3 Å². The molecule has 5 nitrogen and oxygen atoms in total. The van der Waals surface area contributed by atoms with Crippen molar-refractivity contribution < 1.29 is 9.59 Å². The quantitative estimate of drug-likeness (QED) is 0.254. The lowest BCUT2D eigenvalue weighted by atomic mass is 10.1. The maximum absolute atomic E-state index is 11.6. The van der Waals surface area contributed by atoms with Crippen molar-refractivity contribution in [3.63, 3.8) is 0 Å². The van der Waals surface area contributed by atoms with E-state index in [0.29, 0.717) is 12.2 Å². The molecule has 0 fully saturated rings. The van der Waals surface area contributed by atoms with E-state index in [1.54, 1.807) is 13.2 Å². The Balaban J connectivity index is 4.60. The van der Waals surface area contributed by atoms with E-state index in [9.17, 15) is 9.59 Å². The third kappa shape index (κ3) is 4.42. The number of nitrogens with one attached hydrogen (secondary N) is 1. The van der Waals surface area contributed by atoms with Gasteiger partial charge in [-0.25, -0.2) is 0 Å². The lowest BCUT2D eigenvalue weighted by molar-refractivity contribution is -0.132. The molecule has 15 heavy (non-hydrogen) atoms. The van der Waals surface area contributed by atoms with Crippen molar-refractivity contribution in [2.24, 2.45) is 5.84 Å². The van der Waals surface area contributed by atoms with Gasteiger partial charge in [0.15, 0.2) is 5.78 Å². The van der Waals surface area contributed by atoms with Gasteiger partial charge >= 0.3 is 0 Å². The van der Waals surface area contributed by atoms with Gasteiger partial charge in [-0.3, -0.25) is 25.2 Å². The van der Waals surface area contributed by atoms with Crippen LogP contribution in [0.3, 0.4) is 0 Å². The van der Waals surface area contributed by atoms with Crippen LogP contribution in [-0.2, 0) is 9.59 Å². The van der Waals surface area contributed by atoms with Crippen LogP contribution in [0.15, 0.2) is 0 Å². The highest BCUT2D eigenvalue weighted by atomic mass is 32.2. The van der Waals surface area contributed by atoms with Gasteiger partial charge in [-0.05, 0) is 0 Å². The molecule has 1 atom stereocenters. The van der Waals surface area contributed by atoms with Gasteiger partial charge in [0, 0.05) is 18.4 Å². The maximum atomic E-state index is 11.6. The molecule has 0 bridgehead atoms. The Bertz CT molecular complexity index is 226. The first-order valence-corrected chi connectivity index (χ1v) is 6.36. The maximum Gasteiger partial charge on any atom is 0.248 e. The third-order valence-corrected chi connectivity index (χ3v) is 3.07. The molecule has 88 valence electrons. The first kappa shape index (κ1) is 14.8. The molecule has 0 aliphatic carbocycles. The van der Waals surface area contributed by atoms with Crippen molar-refractivity contribution in [2.45, 2.75) is 19.4 Å². The van der Waals surface area contributed by atoms with E-state index in [4.69, 9.17) is 5.84 Å². The molecule has 0 saturated carbocycles. The summed E-state index contributed by atoms with van der Waals surface area (Å²) in [5, 5.41) is 0. The number of nitrogens with two attached hydrogens (primary N) is 1. The molecule has 0 unspecified atom stereocenters. The minimum absolute atomic E-state index is 0.00437. The highest BCUT2D eigenvalue weighted by Gasteiger charge is 2.26. The Kier molecular flexibility index (Phi) is 7.85. The molecule has 0 saturated heterocycles. The van der Waals surface area contributed by atoms with E-state index in [1.165, 1.54) is 16.3 Å². The van der Waals surface area contributed by atoms with Crippen molar-refractivity contribution in [1.82, 2.24) is 9.73 Å². The summed E-state index contributed by atoms with van der Waals surface area (Å²) in [6.45, 7) is 1.78. The van der Waals surface area contributed by atoms with Crippen LogP contribution >= 0.6 is 24.6 Å². The smallest absolute Gasteiger partial charge is 0.248 e. The molecule has 0 radical (unpaired) electrons.